The maximum absolute atomic E-state index is 13.0. The maximum Gasteiger partial charge on any atom is 0.236 e. The molecule has 2 amide bonds. The fourth-order valence-corrected chi connectivity index (χ4v) is 4.31. The second kappa shape index (κ2) is 8.59. The predicted octanol–water partition coefficient (Wildman–Crippen LogP) is 0.630. The zero-order valence-electron chi connectivity index (χ0n) is 16.9. The van der Waals surface area contributed by atoms with Crippen LogP contribution in [0.5, 0.6) is 0 Å². The van der Waals surface area contributed by atoms with Crippen molar-refractivity contribution in [1.82, 2.24) is 14.7 Å². The van der Waals surface area contributed by atoms with Crippen LogP contribution in [-0.2, 0) is 9.59 Å². The molecule has 158 valence electrons. The molecule has 2 aliphatic rings. The highest BCUT2D eigenvalue weighted by atomic mass is 19.1. The minimum atomic E-state index is -0.488. The van der Waals surface area contributed by atoms with Crippen molar-refractivity contribution in [2.24, 2.45) is 11.3 Å². The van der Waals surface area contributed by atoms with Crippen molar-refractivity contribution in [3.63, 3.8) is 0 Å². The number of halogens is 1. The Bertz CT molecular complexity index is 783. The van der Waals surface area contributed by atoms with Gasteiger partial charge in [0, 0.05) is 55.9 Å². The van der Waals surface area contributed by atoms with Crippen molar-refractivity contribution < 1.29 is 23.9 Å². The number of hydrogen-bond acceptors (Lipinski definition) is 5. The molecule has 2 heterocycles. The number of aliphatic hydroxyl groups excluding tert-OH is 1. The second-order valence-corrected chi connectivity index (χ2v) is 8.43. The van der Waals surface area contributed by atoms with Gasteiger partial charge >= 0.3 is 0 Å². The molecule has 1 N–H and O–H groups in total. The lowest BCUT2D eigenvalue weighted by Crippen LogP contribution is -2.42. The molecule has 0 saturated carbocycles. The quantitative estimate of drug-likeness (QED) is 0.673. The topological polar surface area (TPSA) is 81.2 Å². The van der Waals surface area contributed by atoms with E-state index in [-0.39, 0.29) is 43.0 Å². The van der Waals surface area contributed by atoms with Gasteiger partial charge in [0.05, 0.1) is 13.2 Å². The number of hydrogen-bond donors (Lipinski definition) is 1. The van der Waals surface area contributed by atoms with E-state index in [0.29, 0.717) is 38.3 Å². The molecular formula is C21H28FN3O4. The van der Waals surface area contributed by atoms with Crippen molar-refractivity contribution >= 4 is 17.6 Å². The highest BCUT2D eigenvalue weighted by Crippen LogP contribution is 2.42. The molecule has 3 rings (SSSR count). The Hall–Kier alpha value is -2.32. The first-order valence-electron chi connectivity index (χ1n) is 9.84. The largest absolute Gasteiger partial charge is 0.396 e. The molecule has 7 nitrogen and oxygen atoms in total. The molecule has 2 aliphatic heterocycles. The van der Waals surface area contributed by atoms with Crippen LogP contribution in [0.3, 0.4) is 0 Å². The first-order valence-corrected chi connectivity index (χ1v) is 9.84. The van der Waals surface area contributed by atoms with Gasteiger partial charge in [-0.25, -0.2) is 4.39 Å². The number of amides is 2. The lowest BCUT2D eigenvalue weighted by atomic mass is 9.82. The monoisotopic (exact) mass is 405 g/mol. The molecule has 0 aromatic heterocycles. The summed E-state index contributed by atoms with van der Waals surface area (Å²) in [7, 11) is 3.68. The minimum absolute atomic E-state index is 0.0278. The van der Waals surface area contributed by atoms with Gasteiger partial charge in [-0.05, 0) is 38.4 Å². The van der Waals surface area contributed by atoms with Gasteiger partial charge in [0.25, 0.3) is 0 Å². The van der Waals surface area contributed by atoms with Crippen LogP contribution in [0.15, 0.2) is 24.3 Å². The van der Waals surface area contributed by atoms with Crippen LogP contribution < -0.4 is 0 Å². The van der Waals surface area contributed by atoms with Crippen molar-refractivity contribution in [1.29, 1.82) is 0 Å². The van der Waals surface area contributed by atoms with E-state index in [0.717, 1.165) is 0 Å². The molecular weight excluding hydrogens is 377 g/mol. The highest BCUT2D eigenvalue weighted by molar-refractivity contribution is 5.97. The van der Waals surface area contributed by atoms with Gasteiger partial charge in [0.2, 0.25) is 11.8 Å². The highest BCUT2D eigenvalue weighted by Gasteiger charge is 2.54. The summed E-state index contributed by atoms with van der Waals surface area (Å²) in [6.07, 6.45) is 0.138. The van der Waals surface area contributed by atoms with Crippen molar-refractivity contribution in [2.75, 3.05) is 53.4 Å². The third-order valence-corrected chi connectivity index (χ3v) is 5.96. The molecule has 0 unspecified atom stereocenters. The summed E-state index contributed by atoms with van der Waals surface area (Å²) in [5, 5.41) is 10.0. The molecule has 0 spiro atoms. The van der Waals surface area contributed by atoms with Gasteiger partial charge in [-0.3, -0.25) is 14.4 Å². The average molecular weight is 405 g/mol. The number of rotatable bonds is 7. The Kier molecular flexibility index (Phi) is 6.33. The fraction of sp³-hybridized carbons (Fsp3) is 0.571. The summed E-state index contributed by atoms with van der Waals surface area (Å²) in [5.41, 5.74) is -0.0992. The number of ketones is 1. The van der Waals surface area contributed by atoms with E-state index >= 15 is 0 Å². The first kappa shape index (κ1) is 21.4. The standard InChI is InChI=1S/C21H28FN3O4/c1-23(2)11-20(29)25-10-16-9-24(12-21(16,13-25)14-26)19(28)8-7-18(27)15-3-5-17(22)6-4-15/h3-6,16,26H,7-14H2,1-2H3/t16-,21+/m0/s1. The summed E-state index contributed by atoms with van der Waals surface area (Å²) in [6.45, 7) is 2.09. The second-order valence-electron chi connectivity index (χ2n) is 8.43. The molecule has 0 bridgehead atoms. The zero-order chi connectivity index (χ0) is 21.2. The van der Waals surface area contributed by atoms with Gasteiger partial charge < -0.3 is 19.8 Å². The molecule has 0 radical (unpaired) electrons. The SMILES string of the molecule is CN(C)CC(=O)N1C[C@@H]2CN(C(=O)CCC(=O)c3ccc(F)cc3)C[C@]2(CO)C1. The van der Waals surface area contributed by atoms with Crippen molar-refractivity contribution in [3.8, 4) is 0 Å². The van der Waals surface area contributed by atoms with Crippen molar-refractivity contribution in [2.45, 2.75) is 12.8 Å². The van der Waals surface area contributed by atoms with Gasteiger partial charge in [-0.2, -0.15) is 0 Å². The number of fused-ring (bicyclic) bond motifs is 1. The zero-order valence-corrected chi connectivity index (χ0v) is 16.9. The number of aliphatic hydroxyl groups is 1. The normalized spacial score (nSPS) is 23.6. The third-order valence-electron chi connectivity index (χ3n) is 5.96. The number of Topliss-reactive ketones (excluding diaryl/α,β-unsaturated/α-hetero) is 1. The molecule has 0 aliphatic carbocycles. The van der Waals surface area contributed by atoms with E-state index in [1.54, 1.807) is 9.80 Å². The molecule has 29 heavy (non-hydrogen) atoms. The van der Waals surface area contributed by atoms with Crippen LogP contribution in [0, 0.1) is 17.2 Å². The van der Waals surface area contributed by atoms with Crippen LogP contribution in [0.4, 0.5) is 4.39 Å². The molecule has 8 heteroatoms. The molecule has 1 aromatic carbocycles. The summed E-state index contributed by atoms with van der Waals surface area (Å²) in [6, 6.07) is 5.29. The lowest BCUT2D eigenvalue weighted by molar-refractivity contribution is -0.132. The van der Waals surface area contributed by atoms with Crippen LogP contribution in [0.1, 0.15) is 23.2 Å². The number of nitrogens with zero attached hydrogens (tertiary/aromatic N) is 3. The number of likely N-dealkylation sites (N-methyl/N-ethyl adjacent to an activating group) is 1. The summed E-state index contributed by atoms with van der Waals surface area (Å²) < 4.78 is 13.0. The Morgan fingerprint density at radius 3 is 2.17 bits per heavy atom. The smallest absolute Gasteiger partial charge is 0.236 e. The fourth-order valence-electron chi connectivity index (χ4n) is 4.31. The van der Waals surface area contributed by atoms with E-state index in [1.807, 2.05) is 19.0 Å². The van der Waals surface area contributed by atoms with Gasteiger partial charge in [0.1, 0.15) is 5.82 Å². The van der Waals surface area contributed by atoms with E-state index < -0.39 is 11.2 Å². The third kappa shape index (κ3) is 4.64. The summed E-state index contributed by atoms with van der Waals surface area (Å²) in [4.78, 5) is 42.5. The Balaban J connectivity index is 1.55. The predicted molar refractivity (Wildman–Crippen MR) is 105 cm³/mol. The first-order chi connectivity index (χ1) is 13.7. The molecule has 2 fully saturated rings. The van der Waals surface area contributed by atoms with Gasteiger partial charge in [-0.15, -0.1) is 0 Å². The number of benzene rings is 1. The van der Waals surface area contributed by atoms with E-state index in [4.69, 9.17) is 0 Å². The van der Waals surface area contributed by atoms with Crippen LogP contribution >= 0.6 is 0 Å². The molecule has 2 saturated heterocycles. The average Bonchev–Trinajstić information content (AvgIpc) is 3.21. The van der Waals surface area contributed by atoms with Gasteiger partial charge in [-0.1, -0.05) is 0 Å². The molecule has 1 aromatic rings. The maximum atomic E-state index is 13.0. The number of likely N-dealkylation sites (tertiary alicyclic amines) is 2. The van der Waals surface area contributed by atoms with E-state index in [9.17, 15) is 23.9 Å². The summed E-state index contributed by atoms with van der Waals surface area (Å²) >= 11 is 0. The Labute approximate surface area is 170 Å². The Morgan fingerprint density at radius 2 is 1.66 bits per heavy atom. The van der Waals surface area contributed by atoms with Crippen LogP contribution in [0.25, 0.3) is 0 Å². The van der Waals surface area contributed by atoms with Crippen LogP contribution in [-0.4, -0.2) is 90.8 Å². The van der Waals surface area contributed by atoms with Gasteiger partial charge in [0.15, 0.2) is 5.78 Å². The van der Waals surface area contributed by atoms with E-state index in [1.165, 1.54) is 24.3 Å². The summed E-state index contributed by atoms with van der Waals surface area (Å²) in [5.74, 6) is -0.673. The lowest BCUT2D eigenvalue weighted by Gasteiger charge is -2.27. The van der Waals surface area contributed by atoms with E-state index in [2.05, 4.69) is 0 Å². The van der Waals surface area contributed by atoms with Crippen molar-refractivity contribution in [3.05, 3.63) is 35.6 Å². The Morgan fingerprint density at radius 1 is 1.07 bits per heavy atom. The number of carbonyl (C=O) groups is 3. The van der Waals surface area contributed by atoms with Crippen LogP contribution in [0.2, 0.25) is 0 Å². The molecule has 2 atom stereocenters. The minimum Gasteiger partial charge on any atom is -0.396 e. The number of carbonyl (C=O) groups excluding carboxylic acids is 3.